The maximum atomic E-state index is 13.1. The molecule has 3 heterocycles. The number of rotatable bonds is 10. The average Bonchev–Trinajstić information content (AvgIpc) is 2.86. The molecule has 4 unspecified atom stereocenters. The van der Waals surface area contributed by atoms with Crippen LogP contribution >= 0.6 is 0 Å². The molecule has 9 heteroatoms. The minimum absolute atomic E-state index is 0.0238. The Bertz CT molecular complexity index is 1030. The molecule has 0 radical (unpaired) electrons. The summed E-state index contributed by atoms with van der Waals surface area (Å²) in [4.78, 5) is 33.3. The van der Waals surface area contributed by atoms with Gasteiger partial charge in [0.25, 0.3) is 5.91 Å². The summed E-state index contributed by atoms with van der Waals surface area (Å²) in [7, 11) is 1.55. The smallest absolute Gasteiger partial charge is 0.327 e. The molecule has 2 aliphatic heterocycles. The molecule has 2 fully saturated rings. The number of hydrogen-bond donors (Lipinski definition) is 3. The first kappa shape index (κ1) is 25.3. The van der Waals surface area contributed by atoms with Crippen molar-refractivity contribution in [1.82, 2.24) is 25.4 Å². The Morgan fingerprint density at radius 3 is 2.66 bits per heavy atom. The Kier molecular flexibility index (Phi) is 8.20. The first-order chi connectivity index (χ1) is 16.9. The second-order valence-electron chi connectivity index (χ2n) is 9.94. The number of benzene rings is 1. The number of ether oxygens (including phenoxy) is 1. The third-order valence-corrected chi connectivity index (χ3v) is 6.83. The fraction of sp³-hybridized carbons (Fsp3) is 0.577. The zero-order valence-electron chi connectivity index (χ0n) is 20.8. The molecular weight excluding hydrogens is 446 g/mol. The summed E-state index contributed by atoms with van der Waals surface area (Å²) in [6.07, 6.45) is 6.52. The lowest BCUT2D eigenvalue weighted by atomic mass is 9.93. The molecule has 190 valence electrons. The summed E-state index contributed by atoms with van der Waals surface area (Å²) in [6.45, 7) is 5.22. The van der Waals surface area contributed by atoms with Crippen molar-refractivity contribution >= 4 is 22.7 Å². The molecule has 3 amide bonds. The second kappa shape index (κ2) is 11.3. The molecule has 4 rings (SSSR count). The van der Waals surface area contributed by atoms with E-state index in [0.29, 0.717) is 18.9 Å². The molecule has 0 spiro atoms. The molecule has 3 N–H and O–H groups in total. The third kappa shape index (κ3) is 5.58. The lowest BCUT2D eigenvalue weighted by molar-refractivity contribution is -0.138. The molecule has 0 saturated carbocycles. The number of nitrogens with one attached hydrogen (secondary N) is 2. The van der Waals surface area contributed by atoms with E-state index in [9.17, 15) is 9.59 Å². The lowest BCUT2D eigenvalue weighted by Gasteiger charge is -2.51. The largest absolute Gasteiger partial charge is 0.490 e. The highest BCUT2D eigenvalue weighted by Gasteiger charge is 2.50. The Hall–Kier alpha value is -2.75. The molecule has 2 aliphatic rings. The van der Waals surface area contributed by atoms with Crippen molar-refractivity contribution in [2.24, 2.45) is 5.92 Å². The van der Waals surface area contributed by atoms with Crippen molar-refractivity contribution in [2.45, 2.75) is 63.8 Å². The van der Waals surface area contributed by atoms with E-state index in [-0.39, 0.29) is 36.5 Å². The Balaban J connectivity index is 1.55. The van der Waals surface area contributed by atoms with Crippen LogP contribution in [0.4, 0.5) is 4.79 Å². The molecular formula is C26H37N5O4. The average molecular weight is 484 g/mol. The monoisotopic (exact) mass is 483 g/mol. The number of urea groups is 1. The van der Waals surface area contributed by atoms with Crippen molar-refractivity contribution in [3.05, 3.63) is 36.7 Å². The van der Waals surface area contributed by atoms with Gasteiger partial charge in [-0.3, -0.25) is 25.3 Å². The van der Waals surface area contributed by atoms with Gasteiger partial charge in [-0.05, 0) is 18.8 Å². The van der Waals surface area contributed by atoms with Crippen molar-refractivity contribution < 1.29 is 19.4 Å². The summed E-state index contributed by atoms with van der Waals surface area (Å²) in [5.74, 6) is 0.752. The molecule has 2 aromatic rings. The summed E-state index contributed by atoms with van der Waals surface area (Å²) in [5, 5.41) is 18.3. The normalized spacial score (nSPS) is 24.8. The molecule has 0 aliphatic carbocycles. The van der Waals surface area contributed by atoms with Crippen LogP contribution in [0.1, 0.15) is 39.5 Å². The molecule has 0 bridgehead atoms. The maximum Gasteiger partial charge on any atom is 0.327 e. The van der Waals surface area contributed by atoms with Gasteiger partial charge < -0.3 is 14.7 Å². The molecule has 1 aromatic heterocycles. The number of aromatic nitrogens is 1. The standard InChI is InChI=1S/C26H37N5O4/c1-17(2)15-31-24-23(25(33)30(3)26(31)34)28-20(11-5-4-8-12-32)21(29-24)16-35-22-14-27-13-18-9-6-7-10-19(18)22/h6-7,9-10,13-14,17,20-21,23-24,28-29,32H,4-5,8,11-12,15-16H2,1-3H3. The van der Waals surface area contributed by atoms with Gasteiger partial charge >= 0.3 is 6.03 Å². The summed E-state index contributed by atoms with van der Waals surface area (Å²) in [5.41, 5.74) is 0. The SMILES string of the molecule is CC(C)CN1C(=O)N(C)C(=O)C2NC(CCCCCO)C(COc3cncc4ccccc34)NC21. The van der Waals surface area contributed by atoms with E-state index < -0.39 is 12.2 Å². The summed E-state index contributed by atoms with van der Waals surface area (Å²) in [6, 6.07) is 7.02. The number of aliphatic hydroxyl groups is 1. The Morgan fingerprint density at radius 1 is 1.09 bits per heavy atom. The van der Waals surface area contributed by atoms with Crippen molar-refractivity contribution in [3.8, 4) is 5.75 Å². The predicted molar refractivity (Wildman–Crippen MR) is 134 cm³/mol. The fourth-order valence-corrected chi connectivity index (χ4v) is 5.03. The van der Waals surface area contributed by atoms with Crippen molar-refractivity contribution in [1.29, 1.82) is 0 Å². The van der Waals surface area contributed by atoms with Crippen molar-refractivity contribution in [3.63, 3.8) is 0 Å². The van der Waals surface area contributed by atoms with Crippen LogP contribution in [0.3, 0.4) is 0 Å². The van der Waals surface area contributed by atoms with Crippen molar-refractivity contribution in [2.75, 3.05) is 26.8 Å². The number of unbranched alkanes of at least 4 members (excludes halogenated alkanes) is 2. The number of aliphatic hydroxyl groups excluding tert-OH is 1. The lowest BCUT2D eigenvalue weighted by Crippen LogP contribution is -2.79. The Labute approximate surface area is 206 Å². The number of amides is 3. The van der Waals surface area contributed by atoms with Crippen LogP contribution in [0, 0.1) is 5.92 Å². The third-order valence-electron chi connectivity index (χ3n) is 6.83. The molecule has 4 atom stereocenters. The van der Waals surface area contributed by atoms with Gasteiger partial charge in [-0.25, -0.2) is 4.79 Å². The number of nitrogens with zero attached hydrogens (tertiary/aromatic N) is 3. The zero-order valence-corrected chi connectivity index (χ0v) is 20.8. The van der Waals surface area contributed by atoms with E-state index in [1.54, 1.807) is 18.1 Å². The first-order valence-corrected chi connectivity index (χ1v) is 12.6. The minimum Gasteiger partial charge on any atom is -0.490 e. The number of piperazine rings is 1. The predicted octanol–water partition coefficient (Wildman–Crippen LogP) is 2.34. The van der Waals surface area contributed by atoms with Gasteiger partial charge in [0.05, 0.1) is 12.2 Å². The van der Waals surface area contributed by atoms with E-state index in [4.69, 9.17) is 9.84 Å². The highest BCUT2D eigenvalue weighted by atomic mass is 16.5. The van der Waals surface area contributed by atoms with Crippen LogP contribution in [0.2, 0.25) is 0 Å². The minimum atomic E-state index is -0.519. The number of carbonyl (C=O) groups excluding carboxylic acids is 2. The quantitative estimate of drug-likeness (QED) is 0.445. The zero-order chi connectivity index (χ0) is 24.9. The van der Waals surface area contributed by atoms with Crippen LogP contribution < -0.4 is 15.4 Å². The van der Waals surface area contributed by atoms with Gasteiger partial charge in [0, 0.05) is 43.2 Å². The molecule has 35 heavy (non-hydrogen) atoms. The maximum absolute atomic E-state index is 13.1. The van der Waals surface area contributed by atoms with Crippen LogP contribution in [0.5, 0.6) is 5.75 Å². The Morgan fingerprint density at radius 2 is 1.89 bits per heavy atom. The van der Waals surface area contributed by atoms with E-state index >= 15 is 0 Å². The van der Waals surface area contributed by atoms with E-state index in [1.807, 2.05) is 30.5 Å². The van der Waals surface area contributed by atoms with Gasteiger partial charge in [0.15, 0.2) is 0 Å². The number of likely N-dealkylation sites (N-methyl/N-ethyl adjacent to an activating group) is 1. The van der Waals surface area contributed by atoms with Gasteiger partial charge in [0.1, 0.15) is 24.6 Å². The van der Waals surface area contributed by atoms with Crippen LogP contribution in [0.15, 0.2) is 36.7 Å². The van der Waals surface area contributed by atoms with Crippen LogP contribution in [0.25, 0.3) is 10.8 Å². The number of fused-ring (bicyclic) bond motifs is 2. The van der Waals surface area contributed by atoms with E-state index in [0.717, 1.165) is 36.5 Å². The van der Waals surface area contributed by atoms with Gasteiger partial charge in [-0.2, -0.15) is 0 Å². The first-order valence-electron chi connectivity index (χ1n) is 12.6. The highest BCUT2D eigenvalue weighted by Crippen LogP contribution is 2.27. The second-order valence-corrected chi connectivity index (χ2v) is 9.94. The summed E-state index contributed by atoms with van der Waals surface area (Å²) >= 11 is 0. The molecule has 2 saturated heterocycles. The van der Waals surface area contributed by atoms with Crippen LogP contribution in [-0.4, -0.2) is 82.9 Å². The molecule has 9 nitrogen and oxygen atoms in total. The topological polar surface area (TPSA) is 107 Å². The fourth-order valence-electron chi connectivity index (χ4n) is 5.03. The number of hydrogen-bond acceptors (Lipinski definition) is 7. The van der Waals surface area contributed by atoms with Gasteiger partial charge in [-0.15, -0.1) is 0 Å². The number of carbonyl (C=O) groups is 2. The van der Waals surface area contributed by atoms with E-state index in [2.05, 4.69) is 29.5 Å². The highest BCUT2D eigenvalue weighted by molar-refractivity contribution is 6.00. The van der Waals surface area contributed by atoms with E-state index in [1.165, 1.54) is 4.90 Å². The summed E-state index contributed by atoms with van der Waals surface area (Å²) < 4.78 is 6.28. The van der Waals surface area contributed by atoms with Crippen LogP contribution in [-0.2, 0) is 4.79 Å². The number of pyridine rings is 1. The van der Waals surface area contributed by atoms with Gasteiger partial charge in [0.2, 0.25) is 0 Å². The molecule has 1 aromatic carbocycles. The number of imide groups is 1. The van der Waals surface area contributed by atoms with Gasteiger partial charge in [-0.1, -0.05) is 51.0 Å².